The number of thioether (sulfide) groups is 2. The minimum atomic E-state index is -0.0977. The van der Waals surface area contributed by atoms with Crippen LogP contribution in [0.2, 0.25) is 0 Å². The molecule has 0 aliphatic carbocycles. The number of hydrogen-bond donors (Lipinski definition) is 3. The molecule has 7 rings (SSSR count). The second kappa shape index (κ2) is 12.2. The Balaban J connectivity index is 0.942. The van der Waals surface area contributed by atoms with Gasteiger partial charge in [0.05, 0.1) is 43.0 Å². The van der Waals surface area contributed by atoms with E-state index in [0.717, 1.165) is 45.7 Å². The Labute approximate surface area is 262 Å². The molecule has 0 spiro atoms. The molecule has 3 heterocycles. The van der Waals surface area contributed by atoms with E-state index in [-0.39, 0.29) is 23.3 Å². The Morgan fingerprint density at radius 1 is 0.651 bits per heavy atom. The number of aromatic amines is 1. The summed E-state index contributed by atoms with van der Waals surface area (Å²) < 4.78 is 3.98. The second-order valence-corrected chi connectivity index (χ2v) is 14.0. The number of amides is 2. The standard InChI is InChI=1S/C31H22N6O2S4/c38-27(16-40-30-36-22-5-1-3-7-25(22)42-30)32-19-11-9-18(10-12-19)29-34-21-14-13-20(15-24(21)35-29)33-28(39)17-41-31-37-23-6-2-4-8-26(23)43-31/h1-15H,16-17H2,(H,32,38)(H,33,39)(H,34,35). The molecule has 8 nitrogen and oxygen atoms in total. The van der Waals surface area contributed by atoms with E-state index in [1.165, 1.54) is 23.5 Å². The van der Waals surface area contributed by atoms with Crippen molar-refractivity contribution in [2.45, 2.75) is 8.68 Å². The first-order chi connectivity index (χ1) is 21.1. The molecule has 3 N–H and O–H groups in total. The largest absolute Gasteiger partial charge is 0.338 e. The Bertz CT molecular complexity index is 2030. The average molecular weight is 639 g/mol. The van der Waals surface area contributed by atoms with Crippen molar-refractivity contribution in [1.29, 1.82) is 0 Å². The number of aromatic nitrogens is 4. The van der Waals surface area contributed by atoms with Crippen LogP contribution in [0.1, 0.15) is 0 Å². The third-order valence-electron chi connectivity index (χ3n) is 6.41. The topological polar surface area (TPSA) is 113 Å². The van der Waals surface area contributed by atoms with Gasteiger partial charge in [0, 0.05) is 16.9 Å². The van der Waals surface area contributed by atoms with Gasteiger partial charge >= 0.3 is 0 Å². The predicted molar refractivity (Wildman–Crippen MR) is 179 cm³/mol. The lowest BCUT2D eigenvalue weighted by Crippen LogP contribution is -2.13. The fraction of sp³-hybridized carbons (Fsp3) is 0.0645. The van der Waals surface area contributed by atoms with E-state index >= 15 is 0 Å². The number of nitrogens with zero attached hydrogens (tertiary/aromatic N) is 3. The van der Waals surface area contributed by atoms with Gasteiger partial charge in [0.1, 0.15) is 5.82 Å². The minimum absolute atomic E-state index is 0.0891. The van der Waals surface area contributed by atoms with Gasteiger partial charge in [-0.3, -0.25) is 9.59 Å². The molecule has 0 saturated carbocycles. The summed E-state index contributed by atoms with van der Waals surface area (Å²) in [6, 6.07) is 29.1. The van der Waals surface area contributed by atoms with Crippen LogP contribution in [-0.4, -0.2) is 43.3 Å². The molecule has 12 heteroatoms. The molecular weight excluding hydrogens is 617 g/mol. The fourth-order valence-corrected chi connectivity index (χ4v) is 8.15. The molecule has 0 saturated heterocycles. The van der Waals surface area contributed by atoms with Crippen molar-refractivity contribution in [2.24, 2.45) is 0 Å². The van der Waals surface area contributed by atoms with Gasteiger partial charge in [0.25, 0.3) is 0 Å². The Morgan fingerprint density at radius 3 is 1.81 bits per heavy atom. The van der Waals surface area contributed by atoms with Crippen LogP contribution < -0.4 is 10.6 Å². The summed E-state index contributed by atoms with van der Waals surface area (Å²) in [5.41, 5.74) is 5.80. The number of thiazole rings is 2. The van der Waals surface area contributed by atoms with Crippen LogP contribution in [0.4, 0.5) is 11.4 Å². The van der Waals surface area contributed by atoms with Crippen molar-refractivity contribution in [3.63, 3.8) is 0 Å². The monoisotopic (exact) mass is 638 g/mol. The van der Waals surface area contributed by atoms with Gasteiger partial charge in [0.2, 0.25) is 11.8 Å². The zero-order chi connectivity index (χ0) is 29.2. The number of H-pyrrole nitrogens is 1. The number of para-hydroxylation sites is 2. The average Bonchev–Trinajstić information content (AvgIpc) is 3.75. The second-order valence-electron chi connectivity index (χ2n) is 9.46. The highest BCUT2D eigenvalue weighted by Gasteiger charge is 2.12. The number of carbonyl (C=O) groups is 2. The molecular formula is C31H22N6O2S4. The maximum absolute atomic E-state index is 12.6. The van der Waals surface area contributed by atoms with Crippen LogP contribution in [0.3, 0.4) is 0 Å². The van der Waals surface area contributed by atoms with Crippen molar-refractivity contribution in [3.05, 3.63) is 91.0 Å². The molecule has 7 aromatic rings. The molecule has 0 aliphatic rings. The van der Waals surface area contributed by atoms with E-state index in [1.807, 2.05) is 91.0 Å². The molecule has 0 bridgehead atoms. The normalized spacial score (nSPS) is 11.3. The first-order valence-electron chi connectivity index (χ1n) is 13.2. The summed E-state index contributed by atoms with van der Waals surface area (Å²) in [7, 11) is 0. The number of carbonyl (C=O) groups excluding carboxylic acids is 2. The summed E-state index contributed by atoms with van der Waals surface area (Å²) in [5.74, 6) is 1.07. The van der Waals surface area contributed by atoms with Crippen molar-refractivity contribution in [2.75, 3.05) is 22.1 Å². The molecule has 0 atom stereocenters. The molecule has 43 heavy (non-hydrogen) atoms. The van der Waals surface area contributed by atoms with Crippen molar-refractivity contribution in [1.82, 2.24) is 19.9 Å². The number of fused-ring (bicyclic) bond motifs is 3. The lowest BCUT2D eigenvalue weighted by Gasteiger charge is -2.05. The Hall–Kier alpha value is -4.23. The highest BCUT2D eigenvalue weighted by atomic mass is 32.2. The summed E-state index contributed by atoms with van der Waals surface area (Å²) in [5, 5.41) is 5.91. The maximum Gasteiger partial charge on any atom is 0.234 e. The summed E-state index contributed by atoms with van der Waals surface area (Å²) in [6.45, 7) is 0. The van der Waals surface area contributed by atoms with Gasteiger partial charge in [-0.25, -0.2) is 15.0 Å². The SMILES string of the molecule is O=C(CSc1nc2ccccc2s1)Nc1ccc(-c2nc3ccc(NC(=O)CSc4nc5ccccc5s4)cc3[nH]2)cc1. The van der Waals surface area contributed by atoms with Crippen LogP contribution in [0.15, 0.2) is 99.7 Å². The van der Waals surface area contributed by atoms with Gasteiger partial charge in [-0.2, -0.15) is 0 Å². The fourth-order valence-electron chi connectivity index (χ4n) is 4.41. The predicted octanol–water partition coefficient (Wildman–Crippen LogP) is 7.91. The quantitative estimate of drug-likeness (QED) is 0.138. The third-order valence-corrected chi connectivity index (χ3v) is 10.8. The minimum Gasteiger partial charge on any atom is -0.338 e. The maximum atomic E-state index is 12.6. The zero-order valence-electron chi connectivity index (χ0n) is 22.4. The summed E-state index contributed by atoms with van der Waals surface area (Å²) in [4.78, 5) is 42.3. The number of anilines is 2. The van der Waals surface area contributed by atoms with Gasteiger partial charge in [-0.15, -0.1) is 22.7 Å². The molecule has 0 unspecified atom stereocenters. The van der Waals surface area contributed by atoms with Gasteiger partial charge in [-0.05, 0) is 66.7 Å². The first kappa shape index (κ1) is 27.6. The van der Waals surface area contributed by atoms with Crippen LogP contribution in [0.25, 0.3) is 42.9 Å². The summed E-state index contributed by atoms with van der Waals surface area (Å²) in [6.07, 6.45) is 0. The highest BCUT2D eigenvalue weighted by molar-refractivity contribution is 8.02. The van der Waals surface area contributed by atoms with E-state index in [1.54, 1.807) is 22.7 Å². The molecule has 4 aromatic carbocycles. The van der Waals surface area contributed by atoms with E-state index in [0.29, 0.717) is 17.2 Å². The van der Waals surface area contributed by atoms with Gasteiger partial charge in [0.15, 0.2) is 8.68 Å². The van der Waals surface area contributed by atoms with E-state index in [9.17, 15) is 9.59 Å². The third kappa shape index (κ3) is 6.42. The smallest absolute Gasteiger partial charge is 0.234 e. The van der Waals surface area contributed by atoms with Gasteiger partial charge < -0.3 is 15.6 Å². The number of rotatable bonds is 9. The molecule has 212 valence electrons. The van der Waals surface area contributed by atoms with E-state index in [2.05, 4.69) is 25.6 Å². The van der Waals surface area contributed by atoms with Crippen molar-refractivity contribution < 1.29 is 9.59 Å². The zero-order valence-corrected chi connectivity index (χ0v) is 25.6. The molecule has 3 aromatic heterocycles. The molecule has 0 aliphatic heterocycles. The molecule has 2 amide bonds. The molecule has 0 radical (unpaired) electrons. The number of imidazole rings is 1. The number of benzene rings is 4. The van der Waals surface area contributed by atoms with E-state index < -0.39 is 0 Å². The lowest BCUT2D eigenvalue weighted by molar-refractivity contribution is -0.114. The van der Waals surface area contributed by atoms with Crippen molar-refractivity contribution in [3.8, 4) is 11.4 Å². The van der Waals surface area contributed by atoms with E-state index in [4.69, 9.17) is 4.98 Å². The summed E-state index contributed by atoms with van der Waals surface area (Å²) >= 11 is 6.04. The van der Waals surface area contributed by atoms with Crippen LogP contribution in [0, 0.1) is 0 Å². The van der Waals surface area contributed by atoms with Gasteiger partial charge in [-0.1, -0.05) is 47.8 Å². The van der Waals surface area contributed by atoms with Crippen LogP contribution >= 0.6 is 46.2 Å². The number of hydrogen-bond acceptors (Lipinski definition) is 9. The first-order valence-corrected chi connectivity index (χ1v) is 16.8. The van der Waals surface area contributed by atoms with Crippen molar-refractivity contribution >= 4 is 101 Å². The Kier molecular flexibility index (Phi) is 7.81. The van der Waals surface area contributed by atoms with Crippen LogP contribution in [-0.2, 0) is 9.59 Å². The Morgan fingerprint density at radius 2 is 1.21 bits per heavy atom. The highest BCUT2D eigenvalue weighted by Crippen LogP contribution is 2.31. The molecule has 0 fully saturated rings. The van der Waals surface area contributed by atoms with Crippen LogP contribution in [0.5, 0.6) is 0 Å². The number of nitrogens with one attached hydrogen (secondary N) is 3. The lowest BCUT2D eigenvalue weighted by atomic mass is 10.2.